The van der Waals surface area contributed by atoms with Crippen molar-refractivity contribution in [3.05, 3.63) is 70.1 Å². The van der Waals surface area contributed by atoms with Gasteiger partial charge < -0.3 is 9.47 Å². The summed E-state index contributed by atoms with van der Waals surface area (Å²) in [4.78, 5) is 16.7. The summed E-state index contributed by atoms with van der Waals surface area (Å²) in [5.41, 5.74) is 1.47. The number of carbonyl (C=O) groups is 1. The third kappa shape index (κ3) is 2.97. The van der Waals surface area contributed by atoms with Crippen molar-refractivity contribution in [1.29, 1.82) is 0 Å². The van der Waals surface area contributed by atoms with Gasteiger partial charge in [0.1, 0.15) is 12.9 Å². The van der Waals surface area contributed by atoms with Gasteiger partial charge in [-0.2, -0.15) is 5.10 Å². The molecule has 0 amide bonds. The van der Waals surface area contributed by atoms with Crippen LogP contribution in [0.1, 0.15) is 16.1 Å². The fourth-order valence-corrected chi connectivity index (χ4v) is 3.32. The van der Waals surface area contributed by atoms with E-state index in [2.05, 4.69) is 10.1 Å². The molecule has 8 heteroatoms. The predicted molar refractivity (Wildman–Crippen MR) is 103 cm³/mol. The van der Waals surface area contributed by atoms with E-state index in [4.69, 9.17) is 32.7 Å². The highest BCUT2D eigenvalue weighted by molar-refractivity contribution is 6.46. The molecule has 4 rings (SSSR count). The zero-order chi connectivity index (χ0) is 19.0. The summed E-state index contributed by atoms with van der Waals surface area (Å²) in [7, 11) is 1.30. The maximum Gasteiger partial charge on any atom is 0.360 e. The molecule has 2 heterocycles. The van der Waals surface area contributed by atoms with Gasteiger partial charge in [-0.15, -0.1) is 0 Å². The predicted octanol–water partition coefficient (Wildman–Crippen LogP) is 4.55. The Hall–Kier alpha value is -2.83. The molecular weight excluding hydrogens is 389 g/mol. The van der Waals surface area contributed by atoms with Crippen LogP contribution in [-0.2, 0) is 11.3 Å². The molecule has 0 saturated heterocycles. The molecule has 0 fully saturated rings. The molecule has 2 aromatic carbocycles. The SMILES string of the molecule is COC(=O)c1c(OCc2ccccc2)c2ccc(Cl)c(Cl)c2c2ncnn12. The Kier molecular flexibility index (Phi) is 4.59. The van der Waals surface area contributed by atoms with E-state index in [1.807, 2.05) is 30.3 Å². The van der Waals surface area contributed by atoms with E-state index in [0.717, 1.165) is 5.56 Å². The topological polar surface area (TPSA) is 65.7 Å². The molecule has 0 aliphatic heterocycles. The lowest BCUT2D eigenvalue weighted by atomic mass is 10.1. The van der Waals surface area contributed by atoms with Crippen molar-refractivity contribution < 1.29 is 14.3 Å². The highest BCUT2D eigenvalue weighted by Gasteiger charge is 2.25. The molecule has 2 aromatic heterocycles. The first-order valence-electron chi connectivity index (χ1n) is 8.00. The number of carbonyl (C=O) groups excluding carboxylic acids is 1. The molecule has 27 heavy (non-hydrogen) atoms. The molecule has 136 valence electrons. The van der Waals surface area contributed by atoms with Gasteiger partial charge in [0.25, 0.3) is 0 Å². The molecule has 0 saturated carbocycles. The van der Waals surface area contributed by atoms with E-state index in [1.54, 1.807) is 12.1 Å². The van der Waals surface area contributed by atoms with E-state index in [1.165, 1.54) is 18.0 Å². The number of benzene rings is 2. The number of rotatable bonds is 4. The Morgan fingerprint density at radius 3 is 2.67 bits per heavy atom. The standard InChI is InChI=1S/C19H13Cl2N3O3/c1-26-19(25)16-17(27-9-11-5-3-2-4-6-11)12-7-8-13(20)15(21)14(12)18-22-10-23-24(16)18/h2-8,10H,9H2,1H3. The smallest absolute Gasteiger partial charge is 0.360 e. The van der Waals surface area contributed by atoms with Crippen LogP contribution in [0.3, 0.4) is 0 Å². The molecule has 6 nitrogen and oxygen atoms in total. The largest absolute Gasteiger partial charge is 0.486 e. The summed E-state index contributed by atoms with van der Waals surface area (Å²) in [6.45, 7) is 0.250. The minimum absolute atomic E-state index is 0.131. The molecule has 4 aromatic rings. The first-order chi connectivity index (χ1) is 13.1. The molecule has 0 radical (unpaired) electrons. The maximum absolute atomic E-state index is 12.5. The zero-order valence-corrected chi connectivity index (χ0v) is 15.7. The molecule has 0 atom stereocenters. The number of esters is 1. The van der Waals surface area contributed by atoms with Crippen LogP contribution in [0.25, 0.3) is 16.4 Å². The van der Waals surface area contributed by atoms with Crippen LogP contribution in [0.15, 0.2) is 48.8 Å². The highest BCUT2D eigenvalue weighted by atomic mass is 35.5. The Bertz CT molecular complexity index is 1160. The van der Waals surface area contributed by atoms with Crippen molar-refractivity contribution in [1.82, 2.24) is 14.6 Å². The van der Waals surface area contributed by atoms with Gasteiger partial charge in [0.2, 0.25) is 0 Å². The third-order valence-corrected chi connectivity index (χ3v) is 4.95. The minimum atomic E-state index is -0.596. The lowest BCUT2D eigenvalue weighted by molar-refractivity contribution is 0.0585. The quantitative estimate of drug-likeness (QED) is 0.469. The van der Waals surface area contributed by atoms with E-state index >= 15 is 0 Å². The fraction of sp³-hybridized carbons (Fsp3) is 0.105. The summed E-state index contributed by atoms with van der Waals surface area (Å²) in [5.74, 6) is -0.293. The van der Waals surface area contributed by atoms with Crippen molar-refractivity contribution in [2.24, 2.45) is 0 Å². The monoisotopic (exact) mass is 401 g/mol. The summed E-state index contributed by atoms with van der Waals surface area (Å²) in [5, 5.41) is 5.98. The van der Waals surface area contributed by atoms with Crippen LogP contribution in [0.4, 0.5) is 0 Å². The van der Waals surface area contributed by atoms with Crippen molar-refractivity contribution in [2.45, 2.75) is 6.61 Å². The van der Waals surface area contributed by atoms with Gasteiger partial charge >= 0.3 is 5.97 Å². The van der Waals surface area contributed by atoms with Crippen LogP contribution in [-0.4, -0.2) is 27.7 Å². The lowest BCUT2D eigenvalue weighted by Crippen LogP contribution is -2.13. The number of aromatic nitrogens is 3. The van der Waals surface area contributed by atoms with Gasteiger partial charge in [0.15, 0.2) is 17.1 Å². The van der Waals surface area contributed by atoms with Crippen molar-refractivity contribution in [3.8, 4) is 5.75 Å². The number of hydrogen-bond donors (Lipinski definition) is 0. The average molecular weight is 402 g/mol. The summed E-state index contributed by atoms with van der Waals surface area (Å²) >= 11 is 12.6. The Balaban J connectivity index is 2.00. The van der Waals surface area contributed by atoms with Gasteiger partial charge in [-0.1, -0.05) is 53.5 Å². The van der Waals surface area contributed by atoms with Crippen molar-refractivity contribution in [2.75, 3.05) is 7.11 Å². The van der Waals surface area contributed by atoms with Gasteiger partial charge in [-0.25, -0.2) is 14.3 Å². The molecule has 0 bridgehead atoms. The number of pyridine rings is 1. The molecule has 0 spiro atoms. The number of ether oxygens (including phenoxy) is 2. The second-order valence-corrected chi connectivity index (χ2v) is 6.51. The first-order valence-corrected chi connectivity index (χ1v) is 8.76. The summed E-state index contributed by atoms with van der Waals surface area (Å²) < 4.78 is 12.3. The van der Waals surface area contributed by atoms with Crippen LogP contribution in [0, 0.1) is 0 Å². The minimum Gasteiger partial charge on any atom is -0.486 e. The van der Waals surface area contributed by atoms with Crippen LogP contribution in [0.5, 0.6) is 5.75 Å². The Morgan fingerprint density at radius 2 is 1.93 bits per heavy atom. The van der Waals surface area contributed by atoms with E-state index in [-0.39, 0.29) is 12.3 Å². The van der Waals surface area contributed by atoms with Gasteiger partial charge in [0, 0.05) is 5.39 Å². The van der Waals surface area contributed by atoms with E-state index in [9.17, 15) is 4.79 Å². The fourth-order valence-electron chi connectivity index (χ4n) is 2.91. The Morgan fingerprint density at radius 1 is 1.15 bits per heavy atom. The highest BCUT2D eigenvalue weighted by Crippen LogP contribution is 2.40. The number of hydrogen-bond acceptors (Lipinski definition) is 5. The second-order valence-electron chi connectivity index (χ2n) is 5.72. The van der Waals surface area contributed by atoms with Gasteiger partial charge in [-0.3, -0.25) is 0 Å². The van der Waals surface area contributed by atoms with Gasteiger partial charge in [-0.05, 0) is 17.7 Å². The summed E-state index contributed by atoms with van der Waals surface area (Å²) in [6, 6.07) is 13.0. The lowest BCUT2D eigenvalue weighted by Gasteiger charge is -2.16. The third-order valence-electron chi connectivity index (χ3n) is 4.14. The van der Waals surface area contributed by atoms with Gasteiger partial charge in [0.05, 0.1) is 22.5 Å². The zero-order valence-electron chi connectivity index (χ0n) is 14.1. The van der Waals surface area contributed by atoms with Crippen molar-refractivity contribution in [3.63, 3.8) is 0 Å². The van der Waals surface area contributed by atoms with Crippen molar-refractivity contribution >= 4 is 45.6 Å². The molecular formula is C19H13Cl2N3O3. The maximum atomic E-state index is 12.5. The molecule has 0 aliphatic carbocycles. The van der Waals surface area contributed by atoms with Crippen LogP contribution < -0.4 is 4.74 Å². The summed E-state index contributed by atoms with van der Waals surface area (Å²) in [6.07, 6.45) is 1.33. The number of fused-ring (bicyclic) bond motifs is 3. The Labute approximate surface area is 164 Å². The van der Waals surface area contributed by atoms with Crippen LogP contribution in [0.2, 0.25) is 10.0 Å². The second kappa shape index (κ2) is 7.06. The average Bonchev–Trinajstić information content (AvgIpc) is 3.17. The number of methoxy groups -OCH3 is 1. The molecule has 0 aliphatic rings. The van der Waals surface area contributed by atoms with Crippen LogP contribution >= 0.6 is 23.2 Å². The van der Waals surface area contributed by atoms with E-state index < -0.39 is 5.97 Å². The number of nitrogens with zero attached hydrogens (tertiary/aromatic N) is 3. The normalized spacial score (nSPS) is 11.1. The van der Waals surface area contributed by atoms with E-state index in [0.29, 0.717) is 32.2 Å². The molecule has 0 N–H and O–H groups in total. The number of halogens is 2. The first kappa shape index (κ1) is 17.6. The molecule has 0 unspecified atom stereocenters.